The molecule has 0 saturated carbocycles. The van der Waals surface area contributed by atoms with E-state index in [1.807, 2.05) is 30.5 Å². The Hall–Kier alpha value is -1.77. The first-order valence-corrected chi connectivity index (χ1v) is 6.63. The number of rotatable bonds is 5. The van der Waals surface area contributed by atoms with Crippen molar-refractivity contribution in [2.24, 2.45) is 0 Å². The van der Waals surface area contributed by atoms with Crippen LogP contribution in [-0.2, 0) is 4.79 Å². The molecule has 3 nitrogen and oxygen atoms in total. The van der Waals surface area contributed by atoms with Crippen molar-refractivity contribution in [1.29, 1.82) is 0 Å². The summed E-state index contributed by atoms with van der Waals surface area (Å²) in [4.78, 5) is 14.2. The number of nitrogens with one attached hydrogen (secondary N) is 1. The van der Waals surface area contributed by atoms with Gasteiger partial charge < -0.3 is 10.2 Å². The third kappa shape index (κ3) is 2.55. The predicted molar refractivity (Wildman–Crippen MR) is 75.2 cm³/mol. The maximum Gasteiger partial charge on any atom is 0.257 e. The molecule has 1 aromatic carbocycles. The highest BCUT2D eigenvalue weighted by Gasteiger charge is 2.23. The minimum absolute atomic E-state index is 0.00778. The number of nitrogens with zero attached hydrogens (tertiary/aromatic N) is 1. The minimum Gasteiger partial charge on any atom is -0.377 e. The molecule has 18 heavy (non-hydrogen) atoms. The Morgan fingerprint density at radius 3 is 2.50 bits per heavy atom. The maximum atomic E-state index is 12.0. The van der Waals surface area contributed by atoms with Gasteiger partial charge in [-0.15, -0.1) is 0 Å². The molecular formula is C15H20N2O. The van der Waals surface area contributed by atoms with Gasteiger partial charge in [-0.25, -0.2) is 0 Å². The van der Waals surface area contributed by atoms with Crippen molar-refractivity contribution in [2.45, 2.75) is 26.7 Å². The normalized spacial score (nSPS) is 15.7. The second-order valence-corrected chi connectivity index (χ2v) is 4.58. The molecule has 0 unspecified atom stereocenters. The van der Waals surface area contributed by atoms with E-state index >= 15 is 0 Å². The highest BCUT2D eigenvalue weighted by Crippen LogP contribution is 2.31. The Labute approximate surface area is 108 Å². The Morgan fingerprint density at radius 2 is 1.83 bits per heavy atom. The largest absolute Gasteiger partial charge is 0.377 e. The van der Waals surface area contributed by atoms with Gasteiger partial charge in [-0.3, -0.25) is 4.79 Å². The topological polar surface area (TPSA) is 32.3 Å². The van der Waals surface area contributed by atoms with Crippen molar-refractivity contribution in [1.82, 2.24) is 4.90 Å². The molecule has 1 aliphatic rings. The summed E-state index contributed by atoms with van der Waals surface area (Å²) in [6, 6.07) is 7.85. The molecule has 0 aliphatic carbocycles. The fourth-order valence-electron chi connectivity index (χ4n) is 2.27. The zero-order valence-corrected chi connectivity index (χ0v) is 11.1. The number of carbonyl (C=O) groups is 1. The Morgan fingerprint density at radius 1 is 1.17 bits per heavy atom. The standard InChI is InChI=1S/C15H20N2O/c1-3-9-17(10-4-2)11-13-12-7-5-6-8-14(12)16-15(13)18/h5-8,11H,3-4,9-10H2,1-2H3,(H,16,18). The van der Waals surface area contributed by atoms with Gasteiger partial charge in [0.2, 0.25) is 0 Å². The van der Waals surface area contributed by atoms with Crippen LogP contribution in [0.5, 0.6) is 0 Å². The van der Waals surface area contributed by atoms with Gasteiger partial charge in [-0.2, -0.15) is 0 Å². The Balaban J connectivity index is 2.28. The van der Waals surface area contributed by atoms with Gasteiger partial charge >= 0.3 is 0 Å². The number of fused-ring (bicyclic) bond motifs is 1. The lowest BCUT2D eigenvalue weighted by Crippen LogP contribution is -2.20. The second-order valence-electron chi connectivity index (χ2n) is 4.58. The first-order valence-electron chi connectivity index (χ1n) is 6.63. The molecule has 0 radical (unpaired) electrons. The lowest BCUT2D eigenvalue weighted by atomic mass is 10.1. The van der Waals surface area contributed by atoms with Crippen molar-refractivity contribution in [3.63, 3.8) is 0 Å². The highest BCUT2D eigenvalue weighted by atomic mass is 16.2. The predicted octanol–water partition coefficient (Wildman–Crippen LogP) is 3.10. The summed E-state index contributed by atoms with van der Waals surface area (Å²) in [6.07, 6.45) is 4.19. The third-order valence-electron chi connectivity index (χ3n) is 3.04. The molecule has 1 heterocycles. The van der Waals surface area contributed by atoms with Crippen LogP contribution < -0.4 is 5.32 Å². The summed E-state index contributed by atoms with van der Waals surface area (Å²) < 4.78 is 0. The molecule has 0 atom stereocenters. The number of hydrogen-bond donors (Lipinski definition) is 1. The van der Waals surface area contributed by atoms with Crippen molar-refractivity contribution in [3.05, 3.63) is 36.0 Å². The first kappa shape index (κ1) is 12.7. The average Bonchev–Trinajstić information content (AvgIpc) is 2.67. The van der Waals surface area contributed by atoms with Crippen LogP contribution in [0.3, 0.4) is 0 Å². The molecule has 1 aliphatic heterocycles. The monoisotopic (exact) mass is 244 g/mol. The molecule has 1 N–H and O–H groups in total. The Kier molecular flexibility index (Phi) is 4.03. The summed E-state index contributed by atoms with van der Waals surface area (Å²) in [6.45, 7) is 6.30. The van der Waals surface area contributed by atoms with Crippen LogP contribution in [-0.4, -0.2) is 23.9 Å². The van der Waals surface area contributed by atoms with E-state index in [1.165, 1.54) is 0 Å². The van der Waals surface area contributed by atoms with E-state index in [9.17, 15) is 4.79 Å². The van der Waals surface area contributed by atoms with Gasteiger partial charge in [0.25, 0.3) is 5.91 Å². The number of benzene rings is 1. The van der Waals surface area contributed by atoms with Crippen LogP contribution in [0.25, 0.3) is 5.57 Å². The molecule has 0 fully saturated rings. The fourth-order valence-corrected chi connectivity index (χ4v) is 2.27. The number of anilines is 1. The summed E-state index contributed by atoms with van der Waals surface area (Å²) >= 11 is 0. The van der Waals surface area contributed by atoms with Gasteiger partial charge in [-0.1, -0.05) is 32.0 Å². The smallest absolute Gasteiger partial charge is 0.257 e. The van der Waals surface area contributed by atoms with Crippen molar-refractivity contribution < 1.29 is 4.79 Å². The van der Waals surface area contributed by atoms with Crippen LogP contribution in [0.4, 0.5) is 5.69 Å². The lowest BCUT2D eigenvalue weighted by Gasteiger charge is -2.19. The molecule has 2 rings (SSSR count). The van der Waals surface area contributed by atoms with E-state index in [2.05, 4.69) is 24.1 Å². The summed E-state index contributed by atoms with van der Waals surface area (Å²) in [5, 5.41) is 2.90. The van der Waals surface area contributed by atoms with Gasteiger partial charge in [0.05, 0.1) is 5.57 Å². The number of hydrogen-bond acceptors (Lipinski definition) is 2. The Bertz CT molecular complexity index is 459. The molecule has 0 bridgehead atoms. The minimum atomic E-state index is 0.00778. The van der Waals surface area contributed by atoms with E-state index in [0.717, 1.165) is 42.8 Å². The quantitative estimate of drug-likeness (QED) is 0.807. The van der Waals surface area contributed by atoms with Crippen LogP contribution in [0, 0.1) is 0 Å². The van der Waals surface area contributed by atoms with E-state index in [-0.39, 0.29) is 5.91 Å². The molecular weight excluding hydrogens is 224 g/mol. The number of carbonyl (C=O) groups excluding carboxylic acids is 1. The van der Waals surface area contributed by atoms with E-state index in [4.69, 9.17) is 0 Å². The fraction of sp³-hybridized carbons (Fsp3) is 0.400. The van der Waals surface area contributed by atoms with E-state index in [1.54, 1.807) is 0 Å². The van der Waals surface area contributed by atoms with Crippen molar-refractivity contribution in [3.8, 4) is 0 Å². The van der Waals surface area contributed by atoms with Crippen LogP contribution >= 0.6 is 0 Å². The van der Waals surface area contributed by atoms with Crippen molar-refractivity contribution >= 4 is 17.2 Å². The zero-order valence-electron chi connectivity index (χ0n) is 11.1. The molecule has 96 valence electrons. The summed E-state index contributed by atoms with van der Waals surface area (Å²) in [7, 11) is 0. The number of para-hydroxylation sites is 1. The SMILES string of the molecule is CCCN(C=C1C(=O)Nc2ccccc21)CCC. The van der Waals surface area contributed by atoms with Crippen molar-refractivity contribution in [2.75, 3.05) is 18.4 Å². The van der Waals surface area contributed by atoms with Crippen LogP contribution in [0.1, 0.15) is 32.3 Å². The molecule has 1 amide bonds. The molecule has 0 saturated heterocycles. The van der Waals surface area contributed by atoms with Crippen LogP contribution in [0.15, 0.2) is 30.5 Å². The van der Waals surface area contributed by atoms with E-state index < -0.39 is 0 Å². The van der Waals surface area contributed by atoms with Gasteiger partial charge in [0.1, 0.15) is 0 Å². The van der Waals surface area contributed by atoms with Gasteiger partial charge in [-0.05, 0) is 18.9 Å². The van der Waals surface area contributed by atoms with Crippen LogP contribution in [0.2, 0.25) is 0 Å². The molecule has 0 spiro atoms. The van der Waals surface area contributed by atoms with Gasteiger partial charge in [0, 0.05) is 30.5 Å². The number of amides is 1. The first-order chi connectivity index (χ1) is 8.76. The maximum absolute atomic E-state index is 12.0. The highest BCUT2D eigenvalue weighted by molar-refractivity contribution is 6.31. The average molecular weight is 244 g/mol. The summed E-state index contributed by atoms with van der Waals surface area (Å²) in [5.41, 5.74) is 2.72. The summed E-state index contributed by atoms with van der Waals surface area (Å²) in [5.74, 6) is 0.00778. The zero-order chi connectivity index (χ0) is 13.0. The molecule has 1 aromatic rings. The van der Waals surface area contributed by atoms with Gasteiger partial charge in [0.15, 0.2) is 0 Å². The molecule has 3 heteroatoms. The third-order valence-corrected chi connectivity index (χ3v) is 3.04. The van der Waals surface area contributed by atoms with E-state index in [0.29, 0.717) is 0 Å². The second kappa shape index (κ2) is 5.71. The lowest BCUT2D eigenvalue weighted by molar-refractivity contribution is -0.110. The molecule has 0 aromatic heterocycles.